The van der Waals surface area contributed by atoms with Gasteiger partial charge in [0.1, 0.15) is 5.82 Å². The molecule has 0 unspecified atom stereocenters. The second-order valence-corrected chi connectivity index (χ2v) is 5.95. The SMILES string of the molecule is CCC(CC)n1nccc1NC(=O)CCc1c(C)nn(C)c1C. The first-order valence-corrected chi connectivity index (χ1v) is 8.30. The van der Waals surface area contributed by atoms with Gasteiger partial charge in [0, 0.05) is 25.2 Å². The molecule has 23 heavy (non-hydrogen) atoms. The van der Waals surface area contributed by atoms with Crippen LogP contribution in [0.3, 0.4) is 0 Å². The molecule has 0 aliphatic carbocycles. The Bertz CT molecular complexity index is 667. The molecule has 6 nitrogen and oxygen atoms in total. The minimum Gasteiger partial charge on any atom is -0.311 e. The van der Waals surface area contributed by atoms with Gasteiger partial charge in [0.2, 0.25) is 5.91 Å². The maximum absolute atomic E-state index is 12.3. The molecular weight excluding hydrogens is 290 g/mol. The van der Waals surface area contributed by atoms with E-state index in [4.69, 9.17) is 0 Å². The molecule has 2 aromatic heterocycles. The summed E-state index contributed by atoms with van der Waals surface area (Å²) in [6, 6.07) is 2.18. The minimum atomic E-state index is 0.0142. The molecule has 0 bridgehead atoms. The highest BCUT2D eigenvalue weighted by molar-refractivity contribution is 5.90. The Balaban J connectivity index is 1.99. The van der Waals surface area contributed by atoms with Crippen molar-refractivity contribution in [3.05, 3.63) is 29.2 Å². The van der Waals surface area contributed by atoms with Gasteiger partial charge in [-0.3, -0.25) is 9.48 Å². The highest BCUT2D eigenvalue weighted by Gasteiger charge is 2.15. The van der Waals surface area contributed by atoms with Crippen LogP contribution in [0.1, 0.15) is 56.1 Å². The molecule has 0 spiro atoms. The van der Waals surface area contributed by atoms with Gasteiger partial charge in [-0.2, -0.15) is 10.2 Å². The summed E-state index contributed by atoms with van der Waals surface area (Å²) in [5, 5.41) is 11.7. The largest absolute Gasteiger partial charge is 0.311 e. The number of aromatic nitrogens is 4. The van der Waals surface area contributed by atoms with Crippen molar-refractivity contribution in [2.24, 2.45) is 7.05 Å². The summed E-state index contributed by atoms with van der Waals surface area (Å²) in [6.07, 6.45) is 4.88. The van der Waals surface area contributed by atoms with E-state index in [1.54, 1.807) is 6.20 Å². The Kier molecular flexibility index (Phi) is 5.58. The van der Waals surface area contributed by atoms with Crippen molar-refractivity contribution in [2.45, 2.75) is 59.4 Å². The molecule has 2 heterocycles. The van der Waals surface area contributed by atoms with Crippen molar-refractivity contribution < 1.29 is 4.79 Å². The molecular formula is C17H27N5O. The molecule has 2 rings (SSSR count). The fourth-order valence-corrected chi connectivity index (χ4v) is 2.96. The Morgan fingerprint density at radius 1 is 1.30 bits per heavy atom. The van der Waals surface area contributed by atoms with Gasteiger partial charge in [-0.1, -0.05) is 13.8 Å². The van der Waals surface area contributed by atoms with Crippen LogP contribution in [0.15, 0.2) is 12.3 Å². The van der Waals surface area contributed by atoms with E-state index in [2.05, 4.69) is 29.4 Å². The molecule has 0 aliphatic rings. The molecule has 126 valence electrons. The van der Waals surface area contributed by atoms with Crippen molar-refractivity contribution in [1.29, 1.82) is 0 Å². The van der Waals surface area contributed by atoms with Gasteiger partial charge < -0.3 is 5.32 Å². The first-order chi connectivity index (χ1) is 11.0. The van der Waals surface area contributed by atoms with Crippen molar-refractivity contribution in [3.8, 4) is 0 Å². The normalized spacial score (nSPS) is 11.2. The van der Waals surface area contributed by atoms with Gasteiger partial charge in [-0.25, -0.2) is 4.68 Å². The lowest BCUT2D eigenvalue weighted by molar-refractivity contribution is -0.116. The van der Waals surface area contributed by atoms with E-state index in [-0.39, 0.29) is 5.91 Å². The minimum absolute atomic E-state index is 0.0142. The fraction of sp³-hybridized carbons (Fsp3) is 0.588. The quantitative estimate of drug-likeness (QED) is 0.853. The Morgan fingerprint density at radius 3 is 2.57 bits per heavy atom. The second kappa shape index (κ2) is 7.44. The zero-order valence-electron chi connectivity index (χ0n) is 14.8. The van der Waals surface area contributed by atoms with E-state index in [1.165, 1.54) is 0 Å². The summed E-state index contributed by atoms with van der Waals surface area (Å²) in [5.74, 6) is 0.795. The summed E-state index contributed by atoms with van der Waals surface area (Å²) in [6.45, 7) is 8.29. The molecule has 0 fully saturated rings. The zero-order valence-corrected chi connectivity index (χ0v) is 14.8. The zero-order chi connectivity index (χ0) is 17.0. The third kappa shape index (κ3) is 3.81. The van der Waals surface area contributed by atoms with Crippen LogP contribution < -0.4 is 5.32 Å². The third-order valence-corrected chi connectivity index (χ3v) is 4.49. The number of amides is 1. The Labute approximate surface area is 137 Å². The van der Waals surface area contributed by atoms with Gasteiger partial charge in [0.15, 0.2) is 0 Å². The number of hydrogen-bond donors (Lipinski definition) is 1. The fourth-order valence-electron chi connectivity index (χ4n) is 2.96. The van der Waals surface area contributed by atoms with Crippen LogP contribution in [-0.4, -0.2) is 25.5 Å². The van der Waals surface area contributed by atoms with E-state index >= 15 is 0 Å². The van der Waals surface area contributed by atoms with Crippen LogP contribution in [0.2, 0.25) is 0 Å². The Hall–Kier alpha value is -2.11. The van der Waals surface area contributed by atoms with Crippen molar-refractivity contribution in [2.75, 3.05) is 5.32 Å². The van der Waals surface area contributed by atoms with Crippen LogP contribution >= 0.6 is 0 Å². The van der Waals surface area contributed by atoms with Crippen LogP contribution in [-0.2, 0) is 18.3 Å². The maximum Gasteiger partial charge on any atom is 0.225 e. The molecule has 0 aromatic carbocycles. The van der Waals surface area contributed by atoms with Gasteiger partial charge >= 0.3 is 0 Å². The highest BCUT2D eigenvalue weighted by Crippen LogP contribution is 2.20. The average molecular weight is 317 g/mol. The molecule has 0 atom stereocenters. The number of hydrogen-bond acceptors (Lipinski definition) is 3. The maximum atomic E-state index is 12.3. The third-order valence-electron chi connectivity index (χ3n) is 4.49. The van der Waals surface area contributed by atoms with Gasteiger partial charge in [-0.15, -0.1) is 0 Å². The molecule has 0 radical (unpaired) electrons. The molecule has 2 aromatic rings. The average Bonchev–Trinajstić information content (AvgIpc) is 3.05. The summed E-state index contributed by atoms with van der Waals surface area (Å²) < 4.78 is 3.78. The van der Waals surface area contributed by atoms with Crippen LogP contribution in [0.4, 0.5) is 5.82 Å². The Morgan fingerprint density at radius 2 is 2.00 bits per heavy atom. The molecule has 0 saturated carbocycles. The van der Waals surface area contributed by atoms with Crippen LogP contribution in [0.25, 0.3) is 0 Å². The van der Waals surface area contributed by atoms with Crippen molar-refractivity contribution in [3.63, 3.8) is 0 Å². The summed E-state index contributed by atoms with van der Waals surface area (Å²) in [7, 11) is 1.93. The number of nitrogens with one attached hydrogen (secondary N) is 1. The summed E-state index contributed by atoms with van der Waals surface area (Å²) >= 11 is 0. The first kappa shape index (κ1) is 17.2. The van der Waals surface area contributed by atoms with Crippen LogP contribution in [0, 0.1) is 13.8 Å². The lowest BCUT2D eigenvalue weighted by atomic mass is 10.1. The number of nitrogens with zero attached hydrogens (tertiary/aromatic N) is 4. The molecule has 0 saturated heterocycles. The molecule has 0 aliphatic heterocycles. The summed E-state index contributed by atoms with van der Waals surface area (Å²) in [4.78, 5) is 12.3. The molecule has 1 amide bonds. The number of rotatable bonds is 7. The van der Waals surface area contributed by atoms with E-state index in [0.29, 0.717) is 18.9 Å². The number of anilines is 1. The van der Waals surface area contributed by atoms with Crippen molar-refractivity contribution in [1.82, 2.24) is 19.6 Å². The predicted octanol–water partition coefficient (Wildman–Crippen LogP) is 3.17. The van der Waals surface area contributed by atoms with Gasteiger partial charge in [0.05, 0.1) is 17.9 Å². The molecule has 6 heteroatoms. The van der Waals surface area contributed by atoms with E-state index in [1.807, 2.05) is 36.3 Å². The van der Waals surface area contributed by atoms with E-state index < -0.39 is 0 Å². The first-order valence-electron chi connectivity index (χ1n) is 8.30. The van der Waals surface area contributed by atoms with E-state index in [0.717, 1.165) is 35.6 Å². The summed E-state index contributed by atoms with van der Waals surface area (Å²) in [5.41, 5.74) is 3.29. The number of carbonyl (C=O) groups is 1. The number of aryl methyl sites for hydroxylation is 2. The van der Waals surface area contributed by atoms with Crippen molar-refractivity contribution >= 4 is 11.7 Å². The predicted molar refractivity (Wildman–Crippen MR) is 91.5 cm³/mol. The highest BCUT2D eigenvalue weighted by atomic mass is 16.1. The van der Waals surface area contributed by atoms with E-state index in [9.17, 15) is 4.79 Å². The second-order valence-electron chi connectivity index (χ2n) is 5.95. The topological polar surface area (TPSA) is 64.7 Å². The van der Waals surface area contributed by atoms with Crippen LogP contribution in [0.5, 0.6) is 0 Å². The van der Waals surface area contributed by atoms with Gasteiger partial charge in [-0.05, 0) is 38.7 Å². The standard InChI is InChI=1S/C17H27N5O/c1-6-14(7-2)22-16(10-11-18-22)19-17(23)9-8-15-12(3)20-21(5)13(15)4/h10-11,14H,6-9H2,1-5H3,(H,19,23). The lowest BCUT2D eigenvalue weighted by Gasteiger charge is -2.17. The lowest BCUT2D eigenvalue weighted by Crippen LogP contribution is -2.18. The molecule has 1 N–H and O–H groups in total. The monoisotopic (exact) mass is 317 g/mol. The van der Waals surface area contributed by atoms with Gasteiger partial charge in [0.25, 0.3) is 0 Å². The smallest absolute Gasteiger partial charge is 0.225 e. The number of carbonyl (C=O) groups excluding carboxylic acids is 1.